The van der Waals surface area contributed by atoms with E-state index in [9.17, 15) is 15.0 Å². The fourth-order valence-corrected chi connectivity index (χ4v) is 3.29. The minimum atomic E-state index is -0.195. The number of carbonyl (C=O) groups is 1. The van der Waals surface area contributed by atoms with Crippen LogP contribution in [0.1, 0.15) is 47.7 Å². The Labute approximate surface area is 153 Å². The highest BCUT2D eigenvalue weighted by atomic mass is 16.3. The molecule has 5 nitrogen and oxygen atoms in total. The van der Waals surface area contributed by atoms with Crippen LogP contribution in [0.2, 0.25) is 0 Å². The van der Waals surface area contributed by atoms with Gasteiger partial charge >= 0.3 is 0 Å². The molecular formula is C21H24N2O3. The molecule has 1 saturated heterocycles. The van der Waals surface area contributed by atoms with Crippen molar-refractivity contribution in [1.29, 1.82) is 0 Å². The summed E-state index contributed by atoms with van der Waals surface area (Å²) in [6, 6.07) is 10.5. The topological polar surface area (TPSA) is 73.1 Å². The van der Waals surface area contributed by atoms with Gasteiger partial charge in [0.05, 0.1) is 5.69 Å². The molecule has 0 spiro atoms. The summed E-state index contributed by atoms with van der Waals surface area (Å²) >= 11 is 0. The van der Waals surface area contributed by atoms with Gasteiger partial charge in [0, 0.05) is 29.9 Å². The van der Waals surface area contributed by atoms with E-state index < -0.39 is 0 Å². The van der Waals surface area contributed by atoms with Crippen LogP contribution in [0.3, 0.4) is 0 Å². The zero-order valence-corrected chi connectivity index (χ0v) is 15.1. The highest BCUT2D eigenvalue weighted by Crippen LogP contribution is 2.28. The lowest BCUT2D eigenvalue weighted by molar-refractivity contribution is 0.0635. The maximum absolute atomic E-state index is 12.8. The van der Waals surface area contributed by atoms with Crippen molar-refractivity contribution >= 4 is 17.8 Å². The van der Waals surface area contributed by atoms with Crippen LogP contribution in [-0.2, 0) is 0 Å². The Morgan fingerprint density at radius 2 is 2.04 bits per heavy atom. The van der Waals surface area contributed by atoms with Crippen molar-refractivity contribution in [2.75, 3.05) is 6.54 Å². The molecule has 3 rings (SSSR count). The molecule has 0 aliphatic carbocycles. The molecule has 1 heterocycles. The molecule has 26 heavy (non-hydrogen) atoms. The summed E-state index contributed by atoms with van der Waals surface area (Å²) in [5.74, 6) is -0.302. The van der Waals surface area contributed by atoms with E-state index in [1.807, 2.05) is 24.0 Å². The molecule has 136 valence electrons. The molecule has 0 aromatic heterocycles. The van der Waals surface area contributed by atoms with E-state index in [0.29, 0.717) is 11.1 Å². The molecule has 1 aliphatic heterocycles. The Kier molecular flexibility index (Phi) is 5.26. The van der Waals surface area contributed by atoms with E-state index in [1.54, 1.807) is 18.2 Å². The first-order valence-corrected chi connectivity index (χ1v) is 8.94. The minimum Gasteiger partial charge on any atom is -0.504 e. The molecule has 5 heteroatoms. The first-order valence-electron chi connectivity index (χ1n) is 8.94. The van der Waals surface area contributed by atoms with Crippen LogP contribution in [0.15, 0.2) is 41.4 Å². The predicted molar refractivity (Wildman–Crippen MR) is 103 cm³/mol. The molecule has 1 unspecified atom stereocenters. The number of likely N-dealkylation sites (tertiary alicyclic amines) is 1. The lowest BCUT2D eigenvalue weighted by atomic mass is 10.0. The number of hydrogen-bond acceptors (Lipinski definition) is 4. The summed E-state index contributed by atoms with van der Waals surface area (Å²) in [4.78, 5) is 19.1. The number of benzene rings is 2. The van der Waals surface area contributed by atoms with Gasteiger partial charge in [-0.1, -0.05) is 6.07 Å². The molecule has 0 bridgehead atoms. The number of aliphatic imine (C=N–C) groups is 1. The van der Waals surface area contributed by atoms with E-state index >= 15 is 0 Å². The average molecular weight is 352 g/mol. The van der Waals surface area contributed by atoms with E-state index in [0.717, 1.165) is 30.6 Å². The zero-order valence-electron chi connectivity index (χ0n) is 15.1. The molecule has 1 atom stereocenters. The molecule has 1 amide bonds. The second-order valence-electron chi connectivity index (χ2n) is 6.82. The van der Waals surface area contributed by atoms with Gasteiger partial charge in [0.1, 0.15) is 0 Å². The fraction of sp³-hybridized carbons (Fsp3) is 0.333. The quantitative estimate of drug-likeness (QED) is 0.643. The standard InChI is InChI=1S/C21H24N2O3/c1-14-12-16(21(26)23-11-4-3-6-15(23)2)9-10-18(14)22-13-17-7-5-8-19(24)20(17)25/h5,7-10,12-13,15,24-25H,3-4,6,11H2,1-2H3. The number of carbonyl (C=O) groups excluding carboxylic acids is 1. The monoisotopic (exact) mass is 352 g/mol. The highest BCUT2D eigenvalue weighted by molar-refractivity contribution is 5.95. The normalized spacial score (nSPS) is 17.6. The predicted octanol–water partition coefficient (Wildman–Crippen LogP) is 4.17. The van der Waals surface area contributed by atoms with E-state index in [1.165, 1.54) is 18.7 Å². The number of nitrogens with zero attached hydrogens (tertiary/aromatic N) is 2. The fourth-order valence-electron chi connectivity index (χ4n) is 3.29. The largest absolute Gasteiger partial charge is 0.504 e. The van der Waals surface area contributed by atoms with Gasteiger partial charge in [-0.15, -0.1) is 0 Å². The van der Waals surface area contributed by atoms with Gasteiger partial charge in [0.2, 0.25) is 0 Å². The number of rotatable bonds is 3. The molecule has 0 radical (unpaired) electrons. The SMILES string of the molecule is Cc1cc(C(=O)N2CCCCC2C)ccc1N=Cc1cccc(O)c1O. The van der Waals surface area contributed by atoms with Gasteiger partial charge in [-0.05, 0) is 69.0 Å². The first-order chi connectivity index (χ1) is 12.5. The smallest absolute Gasteiger partial charge is 0.254 e. The van der Waals surface area contributed by atoms with Crippen LogP contribution < -0.4 is 0 Å². The Balaban J connectivity index is 1.80. The summed E-state index contributed by atoms with van der Waals surface area (Å²) < 4.78 is 0. The van der Waals surface area contributed by atoms with Crippen LogP contribution >= 0.6 is 0 Å². The van der Waals surface area contributed by atoms with Crippen LogP contribution in [0.5, 0.6) is 11.5 Å². The molecule has 1 aliphatic rings. The molecule has 1 fully saturated rings. The molecule has 2 aromatic carbocycles. The maximum Gasteiger partial charge on any atom is 0.254 e. The van der Waals surface area contributed by atoms with Gasteiger partial charge in [0.25, 0.3) is 5.91 Å². The summed E-state index contributed by atoms with van der Waals surface area (Å²) in [5, 5.41) is 19.4. The van der Waals surface area contributed by atoms with Crippen molar-refractivity contribution in [3.8, 4) is 11.5 Å². The number of hydrogen-bond donors (Lipinski definition) is 2. The van der Waals surface area contributed by atoms with Gasteiger partial charge < -0.3 is 15.1 Å². The van der Waals surface area contributed by atoms with Crippen molar-refractivity contribution in [1.82, 2.24) is 4.90 Å². The molecule has 2 aromatic rings. The lowest BCUT2D eigenvalue weighted by Crippen LogP contribution is -2.42. The van der Waals surface area contributed by atoms with Crippen molar-refractivity contribution < 1.29 is 15.0 Å². The summed E-state index contributed by atoms with van der Waals surface area (Å²) in [5.41, 5.74) is 2.72. The third-order valence-electron chi connectivity index (χ3n) is 4.90. The number of piperidine rings is 1. The Morgan fingerprint density at radius 1 is 1.23 bits per heavy atom. The number of amides is 1. The van der Waals surface area contributed by atoms with E-state index in [-0.39, 0.29) is 23.4 Å². The zero-order chi connectivity index (χ0) is 18.7. The van der Waals surface area contributed by atoms with Crippen LogP contribution in [0.4, 0.5) is 5.69 Å². The van der Waals surface area contributed by atoms with Crippen molar-refractivity contribution in [2.45, 2.75) is 39.2 Å². The Bertz CT molecular complexity index is 845. The summed E-state index contributed by atoms with van der Waals surface area (Å²) in [6.07, 6.45) is 4.80. The van der Waals surface area contributed by atoms with E-state index in [4.69, 9.17) is 0 Å². The summed E-state index contributed by atoms with van der Waals surface area (Å²) in [7, 11) is 0. The highest BCUT2D eigenvalue weighted by Gasteiger charge is 2.24. The second-order valence-corrected chi connectivity index (χ2v) is 6.82. The van der Waals surface area contributed by atoms with Crippen LogP contribution in [-0.4, -0.2) is 39.8 Å². The Morgan fingerprint density at radius 3 is 2.77 bits per heavy atom. The third-order valence-corrected chi connectivity index (χ3v) is 4.90. The van der Waals surface area contributed by atoms with Crippen molar-refractivity contribution in [2.24, 2.45) is 4.99 Å². The molecule has 0 saturated carbocycles. The minimum absolute atomic E-state index is 0.0708. The third kappa shape index (κ3) is 3.72. The average Bonchev–Trinajstić information content (AvgIpc) is 2.63. The van der Waals surface area contributed by atoms with Crippen molar-refractivity contribution in [3.63, 3.8) is 0 Å². The van der Waals surface area contributed by atoms with Crippen LogP contribution in [0, 0.1) is 6.92 Å². The molecule has 2 N–H and O–H groups in total. The van der Waals surface area contributed by atoms with Crippen LogP contribution in [0.25, 0.3) is 0 Å². The number of phenolic OH excluding ortho intramolecular Hbond substituents is 2. The Hall–Kier alpha value is -2.82. The van der Waals surface area contributed by atoms with Gasteiger partial charge in [-0.3, -0.25) is 9.79 Å². The number of para-hydroxylation sites is 1. The first kappa shape index (κ1) is 18.0. The summed E-state index contributed by atoms with van der Waals surface area (Å²) in [6.45, 7) is 4.82. The van der Waals surface area contributed by atoms with Crippen molar-refractivity contribution in [3.05, 3.63) is 53.1 Å². The lowest BCUT2D eigenvalue weighted by Gasteiger charge is -2.33. The number of phenols is 2. The van der Waals surface area contributed by atoms with E-state index in [2.05, 4.69) is 11.9 Å². The van der Waals surface area contributed by atoms with Gasteiger partial charge in [-0.2, -0.15) is 0 Å². The number of aryl methyl sites for hydroxylation is 1. The maximum atomic E-state index is 12.8. The van der Waals surface area contributed by atoms with Gasteiger partial charge in [0.15, 0.2) is 11.5 Å². The second kappa shape index (κ2) is 7.60. The molecular weight excluding hydrogens is 328 g/mol. The van der Waals surface area contributed by atoms with Gasteiger partial charge in [-0.25, -0.2) is 0 Å². The number of aromatic hydroxyl groups is 2.